The molecule has 0 fully saturated rings. The fourth-order valence-corrected chi connectivity index (χ4v) is 2.39. The van der Waals surface area contributed by atoms with Gasteiger partial charge in [-0.1, -0.05) is 71.6 Å². The maximum Gasteiger partial charge on any atom is 0.103 e. The molecule has 3 heteroatoms. The molecule has 0 aromatic carbocycles. The molecule has 122 valence electrons. The van der Waals surface area contributed by atoms with Crippen LogP contribution in [0.5, 0.6) is 0 Å². The first-order valence-electron chi connectivity index (χ1n) is 8.66. The zero-order chi connectivity index (χ0) is 15.1. The van der Waals surface area contributed by atoms with E-state index in [2.05, 4.69) is 13.8 Å². The van der Waals surface area contributed by atoms with Gasteiger partial charge in [-0.15, -0.1) is 0 Å². The van der Waals surface area contributed by atoms with E-state index in [4.69, 9.17) is 9.84 Å². The van der Waals surface area contributed by atoms with Crippen molar-refractivity contribution in [1.82, 2.24) is 0 Å². The first-order valence-corrected chi connectivity index (χ1v) is 8.66. The van der Waals surface area contributed by atoms with E-state index >= 15 is 0 Å². The van der Waals surface area contributed by atoms with Crippen LogP contribution in [0.2, 0.25) is 0 Å². The predicted octanol–water partition coefficient (Wildman–Crippen LogP) is 4.06. The minimum atomic E-state index is -0.725. The number of unbranched alkanes of at least 4 members (excludes halogenated alkanes) is 8. The lowest BCUT2D eigenvalue weighted by Crippen LogP contribution is -2.32. The maximum atomic E-state index is 9.79. The van der Waals surface area contributed by atoms with Crippen LogP contribution in [0.4, 0.5) is 0 Å². The van der Waals surface area contributed by atoms with Crippen LogP contribution in [0.3, 0.4) is 0 Å². The highest BCUT2D eigenvalue weighted by molar-refractivity contribution is 4.68. The van der Waals surface area contributed by atoms with Crippen molar-refractivity contribution in [3.8, 4) is 0 Å². The number of rotatable bonds is 15. The molecule has 0 radical (unpaired) electrons. The molecule has 0 rings (SSSR count). The third-order valence-electron chi connectivity index (χ3n) is 3.79. The monoisotopic (exact) mass is 288 g/mol. The van der Waals surface area contributed by atoms with Crippen LogP contribution >= 0.6 is 0 Å². The molecule has 0 saturated carbocycles. The van der Waals surface area contributed by atoms with E-state index in [9.17, 15) is 5.11 Å². The van der Waals surface area contributed by atoms with Crippen molar-refractivity contribution in [2.75, 3.05) is 13.2 Å². The van der Waals surface area contributed by atoms with Crippen LogP contribution in [0.25, 0.3) is 0 Å². The van der Waals surface area contributed by atoms with Crippen molar-refractivity contribution < 1.29 is 14.9 Å². The van der Waals surface area contributed by atoms with Crippen LogP contribution in [0, 0.1) is 0 Å². The Morgan fingerprint density at radius 1 is 0.800 bits per heavy atom. The average Bonchev–Trinajstić information content (AvgIpc) is 2.47. The average molecular weight is 288 g/mol. The lowest BCUT2D eigenvalue weighted by molar-refractivity contribution is -0.0629. The largest absolute Gasteiger partial charge is 0.394 e. The fraction of sp³-hybridized carbons (Fsp3) is 1.00. The third-order valence-corrected chi connectivity index (χ3v) is 3.79. The summed E-state index contributed by atoms with van der Waals surface area (Å²) in [4.78, 5) is 0. The van der Waals surface area contributed by atoms with Gasteiger partial charge < -0.3 is 14.9 Å². The van der Waals surface area contributed by atoms with Crippen molar-refractivity contribution in [2.45, 2.75) is 96.7 Å². The van der Waals surface area contributed by atoms with E-state index in [1.807, 2.05) is 0 Å². The molecule has 0 aliphatic heterocycles. The summed E-state index contributed by atoms with van der Waals surface area (Å²) in [6, 6.07) is 0. The highest BCUT2D eigenvalue weighted by Gasteiger charge is 2.18. The number of ether oxygens (including phenoxy) is 1. The molecular formula is C17H36O3. The lowest BCUT2D eigenvalue weighted by atomic mass is 10.0. The molecule has 0 aliphatic rings. The Balaban J connectivity index is 3.68. The van der Waals surface area contributed by atoms with Crippen LogP contribution in [0.15, 0.2) is 0 Å². The van der Waals surface area contributed by atoms with Gasteiger partial charge in [0.1, 0.15) is 6.10 Å². The second-order valence-electron chi connectivity index (χ2n) is 5.78. The van der Waals surface area contributed by atoms with Gasteiger partial charge in [-0.2, -0.15) is 0 Å². The fourth-order valence-electron chi connectivity index (χ4n) is 2.39. The zero-order valence-electron chi connectivity index (χ0n) is 13.6. The number of hydrogen-bond acceptors (Lipinski definition) is 3. The van der Waals surface area contributed by atoms with Gasteiger partial charge in [0.2, 0.25) is 0 Å². The summed E-state index contributed by atoms with van der Waals surface area (Å²) < 4.78 is 5.76. The zero-order valence-corrected chi connectivity index (χ0v) is 13.6. The van der Waals surface area contributed by atoms with Gasteiger partial charge in [-0.25, -0.2) is 0 Å². The van der Waals surface area contributed by atoms with Crippen LogP contribution in [0.1, 0.15) is 84.5 Å². The van der Waals surface area contributed by atoms with Gasteiger partial charge in [0.25, 0.3) is 0 Å². The minimum Gasteiger partial charge on any atom is -0.394 e. The Bertz CT molecular complexity index is 185. The predicted molar refractivity (Wildman–Crippen MR) is 85.0 cm³/mol. The van der Waals surface area contributed by atoms with Crippen molar-refractivity contribution in [3.63, 3.8) is 0 Å². The first-order chi connectivity index (χ1) is 9.76. The summed E-state index contributed by atoms with van der Waals surface area (Å²) in [5, 5.41) is 18.9. The van der Waals surface area contributed by atoms with Gasteiger partial charge in [0, 0.05) is 6.61 Å². The Morgan fingerprint density at radius 3 is 1.95 bits per heavy atom. The van der Waals surface area contributed by atoms with Gasteiger partial charge in [-0.3, -0.25) is 0 Å². The molecule has 3 nitrogen and oxygen atoms in total. The van der Waals surface area contributed by atoms with Crippen LogP contribution in [-0.4, -0.2) is 35.6 Å². The Labute approximate surface area is 125 Å². The van der Waals surface area contributed by atoms with Crippen molar-refractivity contribution in [3.05, 3.63) is 0 Å². The third kappa shape index (κ3) is 11.7. The molecule has 0 saturated heterocycles. The molecule has 2 unspecified atom stereocenters. The van der Waals surface area contributed by atoms with Gasteiger partial charge in [-0.05, 0) is 12.8 Å². The minimum absolute atomic E-state index is 0.187. The van der Waals surface area contributed by atoms with E-state index in [1.165, 1.54) is 51.4 Å². The lowest BCUT2D eigenvalue weighted by Gasteiger charge is -2.22. The van der Waals surface area contributed by atoms with E-state index in [0.29, 0.717) is 6.61 Å². The number of hydrogen-bond donors (Lipinski definition) is 2. The van der Waals surface area contributed by atoms with Crippen LogP contribution in [-0.2, 0) is 4.74 Å². The van der Waals surface area contributed by atoms with Gasteiger partial charge >= 0.3 is 0 Å². The topological polar surface area (TPSA) is 49.7 Å². The normalized spacial score (nSPS) is 14.4. The van der Waals surface area contributed by atoms with E-state index in [-0.39, 0.29) is 12.7 Å². The molecule has 2 N–H and O–H groups in total. The SMILES string of the molecule is CCCCCCCCC(OCCCCCC)C(O)CO. The molecule has 2 atom stereocenters. The molecule has 0 aliphatic carbocycles. The van der Waals surface area contributed by atoms with E-state index in [0.717, 1.165) is 19.3 Å². The van der Waals surface area contributed by atoms with E-state index < -0.39 is 6.10 Å². The van der Waals surface area contributed by atoms with E-state index in [1.54, 1.807) is 0 Å². The second kappa shape index (κ2) is 15.3. The van der Waals surface area contributed by atoms with Gasteiger partial charge in [0.15, 0.2) is 0 Å². The summed E-state index contributed by atoms with van der Waals surface area (Å²) in [5.74, 6) is 0. The molecule has 0 heterocycles. The number of aliphatic hydroxyl groups is 2. The second-order valence-corrected chi connectivity index (χ2v) is 5.78. The summed E-state index contributed by atoms with van der Waals surface area (Å²) in [6.07, 6.45) is 12.1. The molecule has 0 spiro atoms. The smallest absolute Gasteiger partial charge is 0.103 e. The van der Waals surface area contributed by atoms with Crippen molar-refractivity contribution in [2.24, 2.45) is 0 Å². The standard InChI is InChI=1S/C17H36O3/c1-3-5-7-9-10-11-13-17(16(19)15-18)20-14-12-8-6-4-2/h16-19H,3-15H2,1-2H3. The Kier molecular flexibility index (Phi) is 15.2. The molecule has 0 amide bonds. The first kappa shape index (κ1) is 19.9. The molecule has 20 heavy (non-hydrogen) atoms. The highest BCUT2D eigenvalue weighted by Crippen LogP contribution is 2.14. The quantitative estimate of drug-likeness (QED) is 0.447. The number of aliphatic hydroxyl groups excluding tert-OH is 2. The van der Waals surface area contributed by atoms with Gasteiger partial charge in [0.05, 0.1) is 12.7 Å². The van der Waals surface area contributed by atoms with Crippen LogP contribution < -0.4 is 0 Å². The summed E-state index contributed by atoms with van der Waals surface area (Å²) in [5.41, 5.74) is 0. The Morgan fingerprint density at radius 2 is 1.35 bits per heavy atom. The Hall–Kier alpha value is -0.120. The summed E-state index contributed by atoms with van der Waals surface area (Å²) in [7, 11) is 0. The van der Waals surface area contributed by atoms with Crippen molar-refractivity contribution in [1.29, 1.82) is 0 Å². The summed E-state index contributed by atoms with van der Waals surface area (Å²) >= 11 is 0. The molecule has 0 aromatic heterocycles. The molecule has 0 bridgehead atoms. The molecular weight excluding hydrogens is 252 g/mol. The summed E-state index contributed by atoms with van der Waals surface area (Å²) in [6.45, 7) is 4.92. The maximum absolute atomic E-state index is 9.79. The van der Waals surface area contributed by atoms with Crippen molar-refractivity contribution >= 4 is 0 Å². The highest BCUT2D eigenvalue weighted by atomic mass is 16.5. The molecule has 0 aromatic rings.